The van der Waals surface area contributed by atoms with Crippen LogP contribution < -0.4 is 16.1 Å². The van der Waals surface area contributed by atoms with E-state index in [0.29, 0.717) is 11.6 Å². The Morgan fingerprint density at radius 1 is 1.14 bits per heavy atom. The lowest BCUT2D eigenvalue weighted by molar-refractivity contribution is 0.383. The maximum absolute atomic E-state index is 8.69. The summed E-state index contributed by atoms with van der Waals surface area (Å²) in [5.41, 5.74) is 1.92. The highest BCUT2D eigenvalue weighted by Crippen LogP contribution is 2.13. The standard InChI is InChI=1S/C8H15N5O/c1-3-9-6-5-7(10-4-2)12-8(11-6)13-14/h5,14H,3-4H2,1-2H3,(H3,9,10,11,12,13). The van der Waals surface area contributed by atoms with Crippen LogP contribution in [0.15, 0.2) is 6.07 Å². The lowest BCUT2D eigenvalue weighted by Gasteiger charge is -2.08. The van der Waals surface area contributed by atoms with Gasteiger partial charge in [0.2, 0.25) is 0 Å². The second kappa shape index (κ2) is 5.23. The van der Waals surface area contributed by atoms with Gasteiger partial charge in [0.25, 0.3) is 5.95 Å². The summed E-state index contributed by atoms with van der Waals surface area (Å²) in [5, 5.41) is 14.8. The number of anilines is 3. The van der Waals surface area contributed by atoms with Gasteiger partial charge in [0.1, 0.15) is 11.6 Å². The number of nitrogens with zero attached hydrogens (tertiary/aromatic N) is 2. The SMILES string of the molecule is CCNc1cc(NCC)nc(NO)n1. The molecule has 1 aromatic rings. The summed E-state index contributed by atoms with van der Waals surface area (Å²) >= 11 is 0. The highest BCUT2D eigenvalue weighted by molar-refractivity contribution is 5.51. The van der Waals surface area contributed by atoms with Crippen molar-refractivity contribution in [3.8, 4) is 0 Å². The summed E-state index contributed by atoms with van der Waals surface area (Å²) in [6.45, 7) is 5.49. The molecule has 0 aromatic carbocycles. The van der Waals surface area contributed by atoms with Gasteiger partial charge in [-0.1, -0.05) is 0 Å². The molecule has 0 spiro atoms. The maximum Gasteiger partial charge on any atom is 0.250 e. The van der Waals surface area contributed by atoms with E-state index in [4.69, 9.17) is 5.21 Å². The lowest BCUT2D eigenvalue weighted by Crippen LogP contribution is -2.07. The van der Waals surface area contributed by atoms with Gasteiger partial charge < -0.3 is 10.6 Å². The summed E-state index contributed by atoms with van der Waals surface area (Å²) in [6.07, 6.45) is 0. The highest BCUT2D eigenvalue weighted by Gasteiger charge is 2.01. The third-order valence-electron chi connectivity index (χ3n) is 1.54. The molecule has 1 heterocycles. The van der Waals surface area contributed by atoms with Gasteiger partial charge >= 0.3 is 0 Å². The molecule has 0 saturated heterocycles. The molecular weight excluding hydrogens is 182 g/mol. The van der Waals surface area contributed by atoms with Gasteiger partial charge in [0.05, 0.1) is 0 Å². The van der Waals surface area contributed by atoms with Crippen LogP contribution in [0.5, 0.6) is 0 Å². The first-order valence-corrected chi connectivity index (χ1v) is 4.57. The fourth-order valence-electron chi connectivity index (χ4n) is 1.04. The van der Waals surface area contributed by atoms with Crippen LogP contribution in [-0.4, -0.2) is 28.3 Å². The minimum Gasteiger partial charge on any atom is -0.370 e. The molecule has 0 amide bonds. The molecular formula is C8H15N5O. The first-order valence-electron chi connectivity index (χ1n) is 4.57. The molecule has 0 bridgehead atoms. The van der Waals surface area contributed by atoms with Crippen molar-refractivity contribution in [2.75, 3.05) is 29.2 Å². The zero-order chi connectivity index (χ0) is 10.4. The lowest BCUT2D eigenvalue weighted by atomic mass is 10.5. The zero-order valence-corrected chi connectivity index (χ0v) is 8.33. The summed E-state index contributed by atoms with van der Waals surface area (Å²) in [4.78, 5) is 8.00. The number of hydrogen-bond acceptors (Lipinski definition) is 6. The van der Waals surface area contributed by atoms with E-state index in [1.807, 2.05) is 19.3 Å². The summed E-state index contributed by atoms with van der Waals surface area (Å²) < 4.78 is 0. The van der Waals surface area contributed by atoms with Gasteiger partial charge in [0.15, 0.2) is 0 Å². The largest absolute Gasteiger partial charge is 0.370 e. The Labute approximate surface area is 82.7 Å². The van der Waals surface area contributed by atoms with Crippen molar-refractivity contribution in [1.29, 1.82) is 0 Å². The molecule has 4 N–H and O–H groups in total. The van der Waals surface area contributed by atoms with Crippen molar-refractivity contribution in [2.45, 2.75) is 13.8 Å². The molecule has 78 valence electrons. The molecule has 1 rings (SSSR count). The van der Waals surface area contributed by atoms with Crippen LogP contribution in [0.25, 0.3) is 0 Å². The molecule has 6 nitrogen and oxygen atoms in total. The normalized spacial score (nSPS) is 9.64. The number of rotatable bonds is 5. The van der Waals surface area contributed by atoms with E-state index in [9.17, 15) is 0 Å². The summed E-state index contributed by atoms with van der Waals surface area (Å²) in [5.74, 6) is 1.53. The van der Waals surface area contributed by atoms with Gasteiger partial charge in [0, 0.05) is 19.2 Å². The Morgan fingerprint density at radius 3 is 2.00 bits per heavy atom. The van der Waals surface area contributed by atoms with E-state index in [1.165, 1.54) is 0 Å². The van der Waals surface area contributed by atoms with Gasteiger partial charge in [-0.3, -0.25) is 5.21 Å². The van der Waals surface area contributed by atoms with E-state index < -0.39 is 0 Å². The van der Waals surface area contributed by atoms with Crippen LogP contribution in [0, 0.1) is 0 Å². The molecule has 0 aliphatic heterocycles. The van der Waals surface area contributed by atoms with Crippen molar-refractivity contribution in [2.24, 2.45) is 0 Å². The van der Waals surface area contributed by atoms with Crippen molar-refractivity contribution in [3.05, 3.63) is 6.07 Å². The number of nitrogens with one attached hydrogen (secondary N) is 3. The monoisotopic (exact) mass is 197 g/mol. The van der Waals surface area contributed by atoms with Crippen LogP contribution >= 0.6 is 0 Å². The fourth-order valence-corrected chi connectivity index (χ4v) is 1.04. The molecule has 0 aliphatic carbocycles. The minimum absolute atomic E-state index is 0.180. The van der Waals surface area contributed by atoms with Gasteiger partial charge in [-0.2, -0.15) is 9.97 Å². The summed E-state index contributed by atoms with van der Waals surface area (Å²) in [7, 11) is 0. The predicted octanol–water partition coefficient (Wildman–Crippen LogP) is 1.14. The third-order valence-corrected chi connectivity index (χ3v) is 1.54. The topological polar surface area (TPSA) is 82.1 Å². The third kappa shape index (κ3) is 2.74. The van der Waals surface area contributed by atoms with Crippen LogP contribution in [0.2, 0.25) is 0 Å². The van der Waals surface area contributed by atoms with Crippen molar-refractivity contribution in [3.63, 3.8) is 0 Å². The molecule has 0 radical (unpaired) electrons. The van der Waals surface area contributed by atoms with Gasteiger partial charge in [-0.15, -0.1) is 0 Å². The Balaban J connectivity index is 2.88. The van der Waals surface area contributed by atoms with Crippen molar-refractivity contribution in [1.82, 2.24) is 9.97 Å². The fraction of sp³-hybridized carbons (Fsp3) is 0.500. The number of aromatic nitrogens is 2. The van der Waals surface area contributed by atoms with Crippen LogP contribution in [0.1, 0.15) is 13.8 Å². The van der Waals surface area contributed by atoms with E-state index in [-0.39, 0.29) is 5.95 Å². The molecule has 0 saturated carbocycles. The molecule has 0 unspecified atom stereocenters. The molecule has 0 atom stereocenters. The predicted molar refractivity (Wildman–Crippen MR) is 55.8 cm³/mol. The maximum atomic E-state index is 8.69. The first-order chi connectivity index (χ1) is 6.80. The Bertz CT molecular complexity index is 267. The zero-order valence-electron chi connectivity index (χ0n) is 8.33. The molecule has 0 aliphatic rings. The average Bonchev–Trinajstić information content (AvgIpc) is 2.18. The van der Waals surface area contributed by atoms with Crippen LogP contribution in [0.3, 0.4) is 0 Å². The van der Waals surface area contributed by atoms with E-state index in [0.717, 1.165) is 13.1 Å². The van der Waals surface area contributed by atoms with Crippen molar-refractivity contribution >= 4 is 17.6 Å². The van der Waals surface area contributed by atoms with Gasteiger partial charge in [-0.25, -0.2) is 5.48 Å². The molecule has 6 heteroatoms. The minimum atomic E-state index is 0.180. The molecule has 0 fully saturated rings. The van der Waals surface area contributed by atoms with Crippen molar-refractivity contribution < 1.29 is 5.21 Å². The van der Waals surface area contributed by atoms with Crippen LogP contribution in [0.4, 0.5) is 17.6 Å². The highest BCUT2D eigenvalue weighted by atomic mass is 16.5. The molecule has 14 heavy (non-hydrogen) atoms. The number of hydrogen-bond donors (Lipinski definition) is 4. The quantitative estimate of drug-likeness (QED) is 0.530. The second-order valence-electron chi connectivity index (χ2n) is 2.63. The second-order valence-corrected chi connectivity index (χ2v) is 2.63. The first kappa shape index (κ1) is 10.5. The Morgan fingerprint density at radius 2 is 1.64 bits per heavy atom. The Kier molecular flexibility index (Phi) is 3.93. The smallest absolute Gasteiger partial charge is 0.250 e. The van der Waals surface area contributed by atoms with E-state index in [2.05, 4.69) is 20.6 Å². The van der Waals surface area contributed by atoms with Gasteiger partial charge in [-0.05, 0) is 13.8 Å². The summed E-state index contributed by atoms with van der Waals surface area (Å²) in [6, 6.07) is 1.79. The molecule has 1 aromatic heterocycles. The van der Waals surface area contributed by atoms with E-state index >= 15 is 0 Å². The van der Waals surface area contributed by atoms with Crippen LogP contribution in [-0.2, 0) is 0 Å². The Hall–Kier alpha value is -1.56. The van der Waals surface area contributed by atoms with E-state index in [1.54, 1.807) is 6.07 Å². The average molecular weight is 197 g/mol.